The van der Waals surface area contributed by atoms with Crippen LogP contribution < -0.4 is 4.74 Å². The van der Waals surface area contributed by atoms with Crippen molar-refractivity contribution in [3.8, 4) is 22.9 Å². The third-order valence-electron chi connectivity index (χ3n) is 2.51. The van der Waals surface area contributed by atoms with E-state index >= 15 is 0 Å². The second-order valence-electron chi connectivity index (χ2n) is 3.47. The third kappa shape index (κ3) is 1.26. The van der Waals surface area contributed by atoms with Crippen LogP contribution in [-0.2, 0) is 6.54 Å². The van der Waals surface area contributed by atoms with Crippen LogP contribution in [0.3, 0.4) is 0 Å². The van der Waals surface area contributed by atoms with Crippen molar-refractivity contribution in [1.29, 1.82) is 0 Å². The first kappa shape index (κ1) is 8.35. The molecule has 0 radical (unpaired) electrons. The van der Waals surface area contributed by atoms with Crippen LogP contribution in [0.4, 0.5) is 0 Å². The van der Waals surface area contributed by atoms with Crippen molar-refractivity contribution in [2.75, 3.05) is 6.61 Å². The van der Waals surface area contributed by atoms with Gasteiger partial charge in [-0.3, -0.25) is 0 Å². The van der Waals surface area contributed by atoms with Gasteiger partial charge < -0.3 is 14.4 Å². The Kier molecular flexibility index (Phi) is 1.68. The van der Waals surface area contributed by atoms with Gasteiger partial charge in [0.25, 0.3) is 0 Å². The predicted molar refractivity (Wildman–Crippen MR) is 54.8 cm³/mol. The summed E-state index contributed by atoms with van der Waals surface area (Å²) in [6.45, 7) is 1.38. The highest BCUT2D eigenvalue weighted by atomic mass is 16.5. The van der Waals surface area contributed by atoms with Gasteiger partial charge in [0.15, 0.2) is 0 Å². The van der Waals surface area contributed by atoms with Gasteiger partial charge in [0.1, 0.15) is 23.9 Å². The smallest absolute Gasteiger partial charge is 0.143 e. The van der Waals surface area contributed by atoms with E-state index in [4.69, 9.17) is 4.74 Å². The Balaban J connectivity index is 2.25. The highest BCUT2D eigenvalue weighted by Crippen LogP contribution is 2.33. The number of phenols is 1. The van der Waals surface area contributed by atoms with Gasteiger partial charge >= 0.3 is 0 Å². The van der Waals surface area contributed by atoms with Gasteiger partial charge in [-0.1, -0.05) is 0 Å². The predicted octanol–water partition coefficient (Wildman–Crippen LogP) is 1.65. The van der Waals surface area contributed by atoms with Crippen molar-refractivity contribution in [3.63, 3.8) is 0 Å². The molecule has 0 amide bonds. The summed E-state index contributed by atoms with van der Waals surface area (Å²) in [5, 5.41) is 9.37. The molecule has 0 saturated heterocycles. The molecule has 3 rings (SSSR count). The number of aromatic hydroxyl groups is 1. The summed E-state index contributed by atoms with van der Waals surface area (Å²) in [7, 11) is 0. The van der Waals surface area contributed by atoms with E-state index in [2.05, 4.69) is 4.98 Å². The number of imidazole rings is 1. The van der Waals surface area contributed by atoms with Gasteiger partial charge in [-0.2, -0.15) is 0 Å². The molecule has 76 valence electrons. The summed E-state index contributed by atoms with van der Waals surface area (Å²) < 4.78 is 7.59. The minimum atomic E-state index is 0.216. The van der Waals surface area contributed by atoms with E-state index in [-0.39, 0.29) is 5.75 Å². The van der Waals surface area contributed by atoms with Crippen LogP contribution in [0, 0.1) is 0 Å². The average molecular weight is 202 g/mol. The molecule has 1 aromatic carbocycles. The fourth-order valence-electron chi connectivity index (χ4n) is 1.80. The number of hydrogen-bond donors (Lipinski definition) is 1. The number of nitrogens with zero attached hydrogens (tertiary/aromatic N) is 2. The van der Waals surface area contributed by atoms with E-state index in [9.17, 15) is 5.11 Å². The van der Waals surface area contributed by atoms with E-state index in [1.165, 1.54) is 0 Å². The molecule has 4 heteroatoms. The molecule has 0 fully saturated rings. The zero-order valence-electron chi connectivity index (χ0n) is 8.05. The van der Waals surface area contributed by atoms with Gasteiger partial charge in [0.05, 0.1) is 12.1 Å². The summed E-state index contributed by atoms with van der Waals surface area (Å²) in [4.78, 5) is 4.29. The molecule has 1 aliphatic heterocycles. The van der Waals surface area contributed by atoms with E-state index in [0.717, 1.165) is 17.9 Å². The molecule has 1 aromatic heterocycles. The standard InChI is InChI=1S/C11H10N2O2/c14-8-1-2-9-10(7-8)15-6-5-13-4-3-12-11(9)13/h1-4,7,14H,5-6H2. The minimum Gasteiger partial charge on any atom is -0.508 e. The second kappa shape index (κ2) is 3.02. The highest BCUT2D eigenvalue weighted by Gasteiger charge is 2.16. The molecule has 0 spiro atoms. The summed E-state index contributed by atoms with van der Waals surface area (Å²) in [6, 6.07) is 5.10. The quantitative estimate of drug-likeness (QED) is 0.706. The zero-order chi connectivity index (χ0) is 10.3. The molecule has 2 aromatic rings. The Bertz CT molecular complexity index is 505. The van der Waals surface area contributed by atoms with E-state index in [0.29, 0.717) is 12.4 Å². The molecule has 2 heterocycles. The Morgan fingerprint density at radius 3 is 3.27 bits per heavy atom. The summed E-state index contributed by atoms with van der Waals surface area (Å²) in [5.74, 6) is 1.80. The zero-order valence-corrected chi connectivity index (χ0v) is 8.05. The number of rotatable bonds is 0. The number of benzene rings is 1. The number of ether oxygens (including phenoxy) is 1. The average Bonchev–Trinajstić information content (AvgIpc) is 2.61. The summed E-state index contributed by atoms with van der Waals surface area (Å²) in [5.41, 5.74) is 0.926. The van der Waals surface area contributed by atoms with Crippen molar-refractivity contribution >= 4 is 0 Å². The van der Waals surface area contributed by atoms with Crippen LogP contribution in [0.1, 0.15) is 0 Å². The van der Waals surface area contributed by atoms with Crippen LogP contribution >= 0.6 is 0 Å². The highest BCUT2D eigenvalue weighted by molar-refractivity contribution is 5.66. The fraction of sp³-hybridized carbons (Fsp3) is 0.182. The molecule has 1 N–H and O–H groups in total. The summed E-state index contributed by atoms with van der Waals surface area (Å²) >= 11 is 0. The molecular formula is C11H10N2O2. The van der Waals surface area contributed by atoms with Crippen molar-refractivity contribution in [3.05, 3.63) is 30.6 Å². The Morgan fingerprint density at radius 2 is 2.33 bits per heavy atom. The van der Waals surface area contributed by atoms with Gasteiger partial charge in [-0.15, -0.1) is 0 Å². The molecule has 0 atom stereocenters. The maximum absolute atomic E-state index is 9.37. The van der Waals surface area contributed by atoms with Crippen molar-refractivity contribution < 1.29 is 9.84 Å². The third-order valence-corrected chi connectivity index (χ3v) is 2.51. The summed E-state index contributed by atoms with van der Waals surface area (Å²) in [6.07, 6.45) is 3.71. The van der Waals surface area contributed by atoms with Crippen LogP contribution in [0.15, 0.2) is 30.6 Å². The van der Waals surface area contributed by atoms with Gasteiger partial charge in [-0.25, -0.2) is 4.98 Å². The number of fused-ring (bicyclic) bond motifs is 3. The van der Waals surface area contributed by atoms with Gasteiger partial charge in [0, 0.05) is 18.5 Å². The largest absolute Gasteiger partial charge is 0.508 e. The second-order valence-corrected chi connectivity index (χ2v) is 3.47. The molecule has 0 bridgehead atoms. The topological polar surface area (TPSA) is 47.3 Å². The number of aromatic nitrogens is 2. The molecule has 0 saturated carbocycles. The Hall–Kier alpha value is -1.97. The first-order chi connectivity index (χ1) is 7.34. The van der Waals surface area contributed by atoms with Crippen LogP contribution in [0.2, 0.25) is 0 Å². The molecule has 1 aliphatic rings. The SMILES string of the molecule is Oc1ccc2c(c1)OCCn1ccnc1-2. The molecule has 15 heavy (non-hydrogen) atoms. The maximum atomic E-state index is 9.37. The van der Waals surface area contributed by atoms with Crippen molar-refractivity contribution in [1.82, 2.24) is 9.55 Å². The van der Waals surface area contributed by atoms with Crippen LogP contribution in [0.25, 0.3) is 11.4 Å². The minimum absolute atomic E-state index is 0.216. The monoisotopic (exact) mass is 202 g/mol. The van der Waals surface area contributed by atoms with Crippen LogP contribution in [0.5, 0.6) is 11.5 Å². The first-order valence-corrected chi connectivity index (χ1v) is 4.82. The molecular weight excluding hydrogens is 192 g/mol. The van der Waals surface area contributed by atoms with E-state index < -0.39 is 0 Å². The molecule has 4 nitrogen and oxygen atoms in total. The number of hydrogen-bond acceptors (Lipinski definition) is 3. The lowest BCUT2D eigenvalue weighted by Gasteiger charge is -2.05. The lowest BCUT2D eigenvalue weighted by atomic mass is 10.2. The van der Waals surface area contributed by atoms with Crippen molar-refractivity contribution in [2.45, 2.75) is 6.54 Å². The molecule has 0 unspecified atom stereocenters. The van der Waals surface area contributed by atoms with Gasteiger partial charge in [0.2, 0.25) is 0 Å². The number of phenolic OH excluding ortho intramolecular Hbond substituents is 1. The van der Waals surface area contributed by atoms with Gasteiger partial charge in [-0.05, 0) is 12.1 Å². The van der Waals surface area contributed by atoms with E-state index in [1.807, 2.05) is 16.8 Å². The molecule has 0 aliphatic carbocycles. The lowest BCUT2D eigenvalue weighted by Crippen LogP contribution is -2.04. The van der Waals surface area contributed by atoms with Crippen molar-refractivity contribution in [2.24, 2.45) is 0 Å². The Labute approximate surface area is 86.8 Å². The maximum Gasteiger partial charge on any atom is 0.143 e. The fourth-order valence-corrected chi connectivity index (χ4v) is 1.80. The normalized spacial score (nSPS) is 13.6. The Morgan fingerprint density at radius 1 is 1.40 bits per heavy atom. The van der Waals surface area contributed by atoms with Crippen LogP contribution in [-0.4, -0.2) is 21.3 Å². The van der Waals surface area contributed by atoms with E-state index in [1.54, 1.807) is 18.3 Å². The first-order valence-electron chi connectivity index (χ1n) is 4.82. The lowest BCUT2D eigenvalue weighted by molar-refractivity contribution is 0.305.